The van der Waals surface area contributed by atoms with Crippen molar-refractivity contribution in [2.75, 3.05) is 60.3 Å². The minimum atomic E-state index is -1.52. The van der Waals surface area contributed by atoms with Crippen molar-refractivity contribution < 1.29 is 23.0 Å². The van der Waals surface area contributed by atoms with Crippen LogP contribution in [0.15, 0.2) is 36.5 Å². The van der Waals surface area contributed by atoms with Gasteiger partial charge in [-0.25, -0.2) is 4.39 Å². The van der Waals surface area contributed by atoms with Gasteiger partial charge in [0.05, 0.1) is 38.1 Å². The molecule has 2 aliphatic rings. The summed E-state index contributed by atoms with van der Waals surface area (Å²) in [6.07, 6.45) is 2.66. The summed E-state index contributed by atoms with van der Waals surface area (Å²) >= 11 is 0. The maximum absolute atomic E-state index is 15.6. The van der Waals surface area contributed by atoms with Gasteiger partial charge in [-0.15, -0.1) is 0 Å². The largest absolute Gasteiger partial charge is 0.496 e. The van der Waals surface area contributed by atoms with Crippen LogP contribution >= 0.6 is 0 Å². The summed E-state index contributed by atoms with van der Waals surface area (Å²) in [7, 11) is 3.18. The average Bonchev–Trinajstić information content (AvgIpc) is 3.35. The van der Waals surface area contributed by atoms with Gasteiger partial charge >= 0.3 is 0 Å². The second-order valence-corrected chi connectivity index (χ2v) is 11.0. The predicted octanol–water partition coefficient (Wildman–Crippen LogP) is 4.56. The molecule has 5 rings (SSSR count). The summed E-state index contributed by atoms with van der Waals surface area (Å²) in [5, 5.41) is 8.43. The van der Waals surface area contributed by atoms with Crippen molar-refractivity contribution in [2.24, 2.45) is 5.92 Å². The highest BCUT2D eigenvalue weighted by Gasteiger charge is 2.40. The van der Waals surface area contributed by atoms with E-state index in [1.165, 1.54) is 12.7 Å². The van der Waals surface area contributed by atoms with Crippen LogP contribution in [-0.4, -0.2) is 92.0 Å². The van der Waals surface area contributed by atoms with Crippen LogP contribution in [0, 0.1) is 5.92 Å². The fourth-order valence-corrected chi connectivity index (χ4v) is 6.00. The number of hydrogen-bond acceptors (Lipinski definition) is 6. The Morgan fingerprint density at radius 2 is 1.95 bits per heavy atom. The van der Waals surface area contributed by atoms with E-state index in [1.807, 2.05) is 30.5 Å². The number of aromatic amines is 1. The molecule has 2 aliphatic heterocycles. The second kappa shape index (κ2) is 11.2. The minimum absolute atomic E-state index is 0.0174. The maximum atomic E-state index is 15.6. The Morgan fingerprint density at radius 1 is 1.16 bits per heavy atom. The van der Waals surface area contributed by atoms with Gasteiger partial charge in [0, 0.05) is 62.3 Å². The number of benzene rings is 2. The number of fused-ring (bicyclic) bond motifs is 3. The fraction of sp³-hybridized carbons (Fsp3) is 0.552. The van der Waals surface area contributed by atoms with E-state index in [0.29, 0.717) is 18.1 Å². The van der Waals surface area contributed by atoms with Crippen molar-refractivity contribution in [3.8, 4) is 11.5 Å². The van der Waals surface area contributed by atoms with Crippen molar-refractivity contribution in [2.45, 2.75) is 38.0 Å². The molecule has 1 saturated heterocycles. The SMILES string of the molecule is COCC(C)(F)CN1[C@H](c2ccc(OCCN3CC(CF)C3)cc2OC)c2ccc3[nH]ncc3c2C[C@H]1C. The van der Waals surface area contributed by atoms with Crippen LogP contribution in [0.1, 0.15) is 36.6 Å². The van der Waals surface area contributed by atoms with E-state index < -0.39 is 5.67 Å². The van der Waals surface area contributed by atoms with Crippen LogP contribution < -0.4 is 9.47 Å². The molecule has 3 heterocycles. The summed E-state index contributed by atoms with van der Waals surface area (Å²) in [6.45, 7) is 6.58. The predicted molar refractivity (Wildman–Crippen MR) is 144 cm³/mol. The van der Waals surface area contributed by atoms with E-state index in [4.69, 9.17) is 14.2 Å². The Bertz CT molecular complexity index is 1240. The van der Waals surface area contributed by atoms with Crippen molar-refractivity contribution in [3.05, 3.63) is 53.2 Å². The van der Waals surface area contributed by atoms with Gasteiger partial charge < -0.3 is 14.2 Å². The molecule has 38 heavy (non-hydrogen) atoms. The normalized spacial score (nSPS) is 22.2. The minimum Gasteiger partial charge on any atom is -0.496 e. The van der Waals surface area contributed by atoms with E-state index >= 15 is 4.39 Å². The van der Waals surface area contributed by atoms with E-state index in [0.717, 1.165) is 48.1 Å². The van der Waals surface area contributed by atoms with Crippen LogP contribution in [0.4, 0.5) is 8.78 Å². The van der Waals surface area contributed by atoms with Gasteiger partial charge in [0.1, 0.15) is 23.8 Å². The standard InChI is InChI=1S/C29H38F2N4O3/c1-19-11-24-22(7-8-26-25(24)14-32-33-26)28(35(19)17-29(2,31)18-36-3)23-6-5-21(12-27(23)37-4)38-10-9-34-15-20(13-30)16-34/h5-8,12,14,19-20,28H,9-11,13,15-18H2,1-4H3,(H,32,33)/t19-,28+,29?/m1/s1. The summed E-state index contributed by atoms with van der Waals surface area (Å²) < 4.78 is 45.4. The molecule has 9 heteroatoms. The van der Waals surface area contributed by atoms with Crippen molar-refractivity contribution in [1.82, 2.24) is 20.0 Å². The first-order chi connectivity index (χ1) is 18.3. The van der Waals surface area contributed by atoms with Gasteiger partial charge in [0.25, 0.3) is 0 Å². The third kappa shape index (κ3) is 5.37. The number of halogens is 2. The molecular weight excluding hydrogens is 490 g/mol. The Hall–Kier alpha value is -2.75. The van der Waals surface area contributed by atoms with Gasteiger partial charge in [0.15, 0.2) is 0 Å². The third-order valence-corrected chi connectivity index (χ3v) is 7.85. The number of methoxy groups -OCH3 is 2. The summed E-state index contributed by atoms with van der Waals surface area (Å²) in [6, 6.07) is 9.91. The molecule has 3 aromatic rings. The lowest BCUT2D eigenvalue weighted by Crippen LogP contribution is -2.50. The molecule has 1 aromatic heterocycles. The first-order valence-corrected chi connectivity index (χ1v) is 13.3. The smallest absolute Gasteiger partial charge is 0.144 e. The Kier molecular flexibility index (Phi) is 7.88. The zero-order valence-corrected chi connectivity index (χ0v) is 22.7. The van der Waals surface area contributed by atoms with Crippen molar-refractivity contribution >= 4 is 10.9 Å². The Morgan fingerprint density at radius 3 is 2.68 bits per heavy atom. The highest BCUT2D eigenvalue weighted by Crippen LogP contribution is 2.44. The lowest BCUT2D eigenvalue weighted by atomic mass is 9.82. The highest BCUT2D eigenvalue weighted by atomic mass is 19.1. The molecule has 0 aliphatic carbocycles. The topological polar surface area (TPSA) is 62.9 Å². The van der Waals surface area contributed by atoms with Gasteiger partial charge in [-0.1, -0.05) is 6.07 Å². The molecule has 2 aromatic carbocycles. The first kappa shape index (κ1) is 26.8. The second-order valence-electron chi connectivity index (χ2n) is 11.0. The molecule has 1 unspecified atom stereocenters. The summed E-state index contributed by atoms with van der Waals surface area (Å²) in [4.78, 5) is 4.41. The zero-order valence-electron chi connectivity index (χ0n) is 22.7. The van der Waals surface area contributed by atoms with Gasteiger partial charge in [0.2, 0.25) is 0 Å². The van der Waals surface area contributed by atoms with Gasteiger partial charge in [-0.05, 0) is 49.6 Å². The van der Waals surface area contributed by atoms with Crippen molar-refractivity contribution in [3.63, 3.8) is 0 Å². The molecule has 206 valence electrons. The molecular formula is C29H38F2N4O3. The number of alkyl halides is 2. The fourth-order valence-electron chi connectivity index (χ4n) is 6.00. The van der Waals surface area contributed by atoms with Gasteiger partial charge in [-0.2, -0.15) is 5.10 Å². The van der Waals surface area contributed by atoms with Crippen LogP contribution in [-0.2, 0) is 11.2 Å². The third-order valence-electron chi connectivity index (χ3n) is 7.85. The van der Waals surface area contributed by atoms with E-state index in [2.05, 4.69) is 33.0 Å². The maximum Gasteiger partial charge on any atom is 0.144 e. The molecule has 3 atom stereocenters. The number of ether oxygens (including phenoxy) is 3. The molecule has 0 spiro atoms. The van der Waals surface area contributed by atoms with Crippen molar-refractivity contribution in [1.29, 1.82) is 0 Å². The highest BCUT2D eigenvalue weighted by molar-refractivity contribution is 5.83. The van der Waals surface area contributed by atoms with E-state index in [-0.39, 0.29) is 37.8 Å². The monoisotopic (exact) mass is 528 g/mol. The number of aromatic nitrogens is 2. The number of H-pyrrole nitrogens is 1. The van der Waals surface area contributed by atoms with Crippen LogP contribution in [0.5, 0.6) is 11.5 Å². The van der Waals surface area contributed by atoms with E-state index in [1.54, 1.807) is 14.0 Å². The quantitative estimate of drug-likeness (QED) is 0.394. The number of hydrogen-bond donors (Lipinski definition) is 1. The van der Waals surface area contributed by atoms with Crippen LogP contribution in [0.3, 0.4) is 0 Å². The molecule has 0 saturated carbocycles. The molecule has 0 amide bonds. The molecule has 1 N–H and O–H groups in total. The molecule has 1 fully saturated rings. The number of nitrogens with one attached hydrogen (secondary N) is 1. The first-order valence-electron chi connectivity index (χ1n) is 13.3. The van der Waals surface area contributed by atoms with Crippen LogP contribution in [0.2, 0.25) is 0 Å². The number of likely N-dealkylation sites (tertiary alicyclic amines) is 1. The molecule has 0 bridgehead atoms. The zero-order chi connectivity index (χ0) is 26.9. The lowest BCUT2D eigenvalue weighted by Gasteiger charge is -2.45. The summed E-state index contributed by atoms with van der Waals surface area (Å²) in [5.74, 6) is 1.57. The van der Waals surface area contributed by atoms with Crippen LogP contribution in [0.25, 0.3) is 10.9 Å². The Balaban J connectivity index is 1.46. The molecule has 0 radical (unpaired) electrons. The number of nitrogens with zero attached hydrogens (tertiary/aromatic N) is 3. The molecule has 7 nitrogen and oxygen atoms in total. The van der Waals surface area contributed by atoms with Gasteiger partial charge in [-0.3, -0.25) is 19.3 Å². The summed E-state index contributed by atoms with van der Waals surface area (Å²) in [5.41, 5.74) is 2.77. The van der Waals surface area contributed by atoms with E-state index in [9.17, 15) is 4.39 Å². The average molecular weight is 529 g/mol. The Labute approximate surface area is 223 Å². The lowest BCUT2D eigenvalue weighted by molar-refractivity contribution is 0.00206. The number of rotatable bonds is 11.